The third-order valence-electron chi connectivity index (χ3n) is 2.50. The van der Waals surface area contributed by atoms with Crippen molar-refractivity contribution in [1.29, 1.82) is 0 Å². The number of unbranched alkanes of at least 4 members (excludes halogenated alkanes) is 2. The molecule has 3 heteroatoms. The molecular weight excluding hydrogens is 259 g/mol. The fraction of sp³-hybridized carbons (Fsp3) is 1.00. The fourth-order valence-corrected chi connectivity index (χ4v) is 9.30. The maximum atomic E-state index is 10.1. The van der Waals surface area contributed by atoms with E-state index in [0.29, 0.717) is 0 Å². The van der Waals surface area contributed by atoms with E-state index in [2.05, 4.69) is 6.92 Å². The van der Waals surface area contributed by atoms with E-state index < -0.39 is 19.2 Å². The van der Waals surface area contributed by atoms with Gasteiger partial charge in [0.1, 0.15) is 0 Å². The van der Waals surface area contributed by atoms with E-state index in [-0.39, 0.29) is 0 Å². The molecule has 0 aromatic carbocycles. The molecule has 0 aromatic rings. The van der Waals surface area contributed by atoms with Gasteiger partial charge in [-0.1, -0.05) is 0 Å². The second-order valence-corrected chi connectivity index (χ2v) is 12.8. The van der Waals surface area contributed by atoms with Gasteiger partial charge in [-0.05, 0) is 0 Å². The van der Waals surface area contributed by atoms with Crippen LogP contribution < -0.4 is 0 Å². The van der Waals surface area contributed by atoms with Crippen LogP contribution in [0.4, 0.5) is 0 Å². The van der Waals surface area contributed by atoms with E-state index in [4.69, 9.17) is 3.07 Å². The zero-order chi connectivity index (χ0) is 8.86. The molecule has 1 saturated heterocycles. The van der Waals surface area contributed by atoms with E-state index in [1.54, 1.807) is 0 Å². The third kappa shape index (κ3) is 3.62. The molecule has 0 spiro atoms. The van der Waals surface area contributed by atoms with Gasteiger partial charge in [-0.15, -0.1) is 0 Å². The Morgan fingerprint density at radius 1 is 1.33 bits per heavy atom. The molecule has 0 aromatic heterocycles. The predicted molar refractivity (Wildman–Crippen MR) is 52.3 cm³/mol. The van der Waals surface area contributed by atoms with E-state index >= 15 is 0 Å². The standard InChI is InChI=1S/C5H11.C4H8O.H2O.Sn/c1-3-5-4-2;1-2-3-4-5;;/h1,3-5H2,2H3;1-4H2;1H2;/q;-1;;+2/p-1. The van der Waals surface area contributed by atoms with E-state index in [0.717, 1.165) is 21.9 Å². The van der Waals surface area contributed by atoms with Gasteiger partial charge in [0, 0.05) is 0 Å². The Morgan fingerprint density at radius 2 is 2.17 bits per heavy atom. The van der Waals surface area contributed by atoms with Crippen LogP contribution in [0.1, 0.15) is 39.0 Å². The van der Waals surface area contributed by atoms with Gasteiger partial charge < -0.3 is 0 Å². The van der Waals surface area contributed by atoms with Crippen LogP contribution in [-0.4, -0.2) is 29.3 Å². The van der Waals surface area contributed by atoms with Crippen LogP contribution in [0.2, 0.25) is 8.87 Å². The number of hydrogen-bond donors (Lipinski definition) is 1. The Balaban J connectivity index is 2.17. The van der Waals surface area contributed by atoms with Crippen LogP contribution in [0.3, 0.4) is 0 Å². The Morgan fingerprint density at radius 3 is 2.75 bits per heavy atom. The van der Waals surface area contributed by atoms with Crippen molar-refractivity contribution < 1.29 is 6.52 Å². The average Bonchev–Trinajstić information content (AvgIpc) is 2.06. The van der Waals surface area contributed by atoms with Crippen LogP contribution >= 0.6 is 0 Å². The first-order valence-corrected chi connectivity index (χ1v) is 11.6. The first-order chi connectivity index (χ1) is 5.77. The molecule has 1 aliphatic heterocycles. The van der Waals surface area contributed by atoms with Crippen molar-refractivity contribution >= 4 is 19.2 Å². The van der Waals surface area contributed by atoms with E-state index in [1.807, 2.05) is 0 Å². The first-order valence-electron chi connectivity index (χ1n) is 5.13. The average molecular weight is 279 g/mol. The summed E-state index contributed by atoms with van der Waals surface area (Å²) in [4.78, 5) is 0. The van der Waals surface area contributed by atoms with Crippen molar-refractivity contribution in [3.05, 3.63) is 0 Å². The molecule has 1 atom stereocenters. The molecule has 1 heterocycles. The van der Waals surface area contributed by atoms with Crippen molar-refractivity contribution in [1.82, 2.24) is 0 Å². The van der Waals surface area contributed by atoms with Gasteiger partial charge in [0.15, 0.2) is 0 Å². The summed E-state index contributed by atoms with van der Waals surface area (Å²) in [5, 5.41) is 0. The van der Waals surface area contributed by atoms with Crippen LogP contribution in [0.5, 0.6) is 0 Å². The molecule has 0 aliphatic carbocycles. The van der Waals surface area contributed by atoms with Crippen LogP contribution in [0.25, 0.3) is 0 Å². The molecule has 12 heavy (non-hydrogen) atoms. The van der Waals surface area contributed by atoms with Gasteiger partial charge in [-0.3, -0.25) is 0 Å². The second kappa shape index (κ2) is 5.45. The normalized spacial score (nSPS) is 30.5. The summed E-state index contributed by atoms with van der Waals surface area (Å²) < 4.78 is 17.7. The summed E-state index contributed by atoms with van der Waals surface area (Å²) in [5.74, 6) is 0. The van der Waals surface area contributed by atoms with Crippen molar-refractivity contribution in [2.24, 2.45) is 0 Å². The first kappa shape index (κ1) is 10.8. The van der Waals surface area contributed by atoms with Crippen LogP contribution in [0.15, 0.2) is 0 Å². The monoisotopic (exact) mass is 280 g/mol. The fourth-order valence-electron chi connectivity index (χ4n) is 1.69. The zero-order valence-corrected chi connectivity index (χ0v) is 10.9. The summed E-state index contributed by atoms with van der Waals surface area (Å²) in [6.45, 7) is 3.03. The van der Waals surface area contributed by atoms with Crippen LogP contribution in [0, 0.1) is 0 Å². The van der Waals surface area contributed by atoms with Crippen molar-refractivity contribution in [3.8, 4) is 0 Å². The molecule has 0 saturated carbocycles. The molecule has 0 amide bonds. The van der Waals surface area contributed by atoms with Gasteiger partial charge in [0.05, 0.1) is 0 Å². The molecular formula is C9H20O2Sn. The van der Waals surface area contributed by atoms with Crippen molar-refractivity contribution in [2.75, 3.05) is 6.61 Å². The Kier molecular flexibility index (Phi) is 4.90. The molecule has 1 fully saturated rings. The quantitative estimate of drug-likeness (QED) is 0.632. The Bertz CT molecular complexity index is 122. The van der Waals surface area contributed by atoms with E-state index in [9.17, 15) is 3.44 Å². The van der Waals surface area contributed by atoms with Crippen molar-refractivity contribution in [2.45, 2.75) is 47.9 Å². The van der Waals surface area contributed by atoms with Crippen LogP contribution in [-0.2, 0) is 3.07 Å². The van der Waals surface area contributed by atoms with Gasteiger partial charge in [-0.2, -0.15) is 0 Å². The Labute approximate surface area is 80.3 Å². The molecule has 2 nitrogen and oxygen atoms in total. The maximum absolute atomic E-state index is 10.1. The third-order valence-corrected chi connectivity index (χ3v) is 11.1. The zero-order valence-electron chi connectivity index (χ0n) is 8.01. The number of rotatable bonds is 4. The summed E-state index contributed by atoms with van der Waals surface area (Å²) in [6, 6.07) is 0. The Hall–Kier alpha value is 0.719. The molecule has 1 N–H and O–H groups in total. The minimum absolute atomic E-state index is 0.832. The summed E-state index contributed by atoms with van der Waals surface area (Å²) in [6.07, 6.45) is 6.04. The SMILES string of the molecule is CCCC[CH2][Sn]1([OH])[CH2]CCC[O]1. The van der Waals surface area contributed by atoms with Gasteiger partial charge in [0.2, 0.25) is 0 Å². The number of hydrogen-bond acceptors (Lipinski definition) is 2. The van der Waals surface area contributed by atoms with Gasteiger partial charge in [0.25, 0.3) is 0 Å². The van der Waals surface area contributed by atoms with E-state index in [1.165, 1.54) is 25.7 Å². The predicted octanol–water partition coefficient (Wildman–Crippen LogP) is 2.42. The van der Waals surface area contributed by atoms with Crippen molar-refractivity contribution in [3.63, 3.8) is 0 Å². The van der Waals surface area contributed by atoms with Gasteiger partial charge in [-0.25, -0.2) is 0 Å². The molecule has 0 radical (unpaired) electrons. The molecule has 72 valence electrons. The topological polar surface area (TPSA) is 29.5 Å². The minimum atomic E-state index is -2.89. The molecule has 1 rings (SSSR count). The summed E-state index contributed by atoms with van der Waals surface area (Å²) in [7, 11) is 0. The molecule has 1 unspecified atom stereocenters. The molecule has 0 bridgehead atoms. The second-order valence-electron chi connectivity index (χ2n) is 3.71. The summed E-state index contributed by atoms with van der Waals surface area (Å²) in [5.41, 5.74) is 0. The van der Waals surface area contributed by atoms with Gasteiger partial charge >= 0.3 is 80.2 Å². The summed E-state index contributed by atoms with van der Waals surface area (Å²) >= 11 is -2.89. The molecule has 1 aliphatic rings.